The molecule has 15 nitrogen and oxygen atoms in total. The van der Waals surface area contributed by atoms with Crippen LogP contribution in [0.5, 0.6) is 11.5 Å². The number of esters is 2. The molecule has 0 spiro atoms. The third-order valence-electron chi connectivity index (χ3n) is 12.1. The Hall–Kier alpha value is -5.44. The molecule has 2 saturated carbocycles. The Bertz CT molecular complexity index is 1790. The SMILES string of the molecule is C=CCCCCC(=O)N[C@H](C(=O)NC(Cc1cccc(O)c1)C(=O)OC)C1CCCCC1.COC(=O)C(Cc1cccc(O)c1)NC(=O)[C@@H](NC(=O)CCCCCCO)C1CCCCC1. The first-order valence-electron chi connectivity index (χ1n) is 23.5. The van der Waals surface area contributed by atoms with E-state index in [1.54, 1.807) is 42.5 Å². The number of amides is 4. The Morgan fingerprint density at radius 2 is 1.03 bits per heavy atom. The lowest BCUT2D eigenvalue weighted by Crippen LogP contribution is -2.55. The van der Waals surface area contributed by atoms with Gasteiger partial charge in [-0.05, 0) is 105 Å². The Balaban J connectivity index is 0.000000345. The van der Waals surface area contributed by atoms with E-state index in [1.165, 1.54) is 20.3 Å². The van der Waals surface area contributed by atoms with Crippen molar-refractivity contribution in [2.24, 2.45) is 11.8 Å². The van der Waals surface area contributed by atoms with Crippen molar-refractivity contribution in [1.82, 2.24) is 21.3 Å². The van der Waals surface area contributed by atoms with Gasteiger partial charge >= 0.3 is 11.9 Å². The van der Waals surface area contributed by atoms with Crippen molar-refractivity contribution in [1.29, 1.82) is 0 Å². The van der Waals surface area contributed by atoms with Gasteiger partial charge in [-0.2, -0.15) is 0 Å². The number of benzene rings is 2. The molecule has 360 valence electrons. The van der Waals surface area contributed by atoms with Crippen LogP contribution in [-0.4, -0.2) is 95.9 Å². The number of phenolic OH excluding ortho intramolecular Hbond substituents is 2. The Labute approximate surface area is 384 Å². The molecule has 0 saturated heterocycles. The molecule has 2 aliphatic carbocycles. The van der Waals surface area contributed by atoms with E-state index in [9.17, 15) is 39.0 Å². The third-order valence-corrected chi connectivity index (χ3v) is 12.1. The second-order valence-corrected chi connectivity index (χ2v) is 17.2. The molecule has 0 radical (unpaired) electrons. The van der Waals surface area contributed by atoms with Gasteiger partial charge in [0.2, 0.25) is 23.6 Å². The summed E-state index contributed by atoms with van der Waals surface area (Å²) in [4.78, 5) is 76.4. The molecule has 7 N–H and O–H groups in total. The lowest BCUT2D eigenvalue weighted by molar-refractivity contribution is -0.146. The number of unbranched alkanes of at least 4 members (excludes halogenated alkanes) is 5. The van der Waals surface area contributed by atoms with E-state index >= 15 is 0 Å². The molecule has 2 fully saturated rings. The van der Waals surface area contributed by atoms with Crippen molar-refractivity contribution in [2.45, 2.75) is 159 Å². The van der Waals surface area contributed by atoms with Crippen LogP contribution in [0.25, 0.3) is 0 Å². The first-order valence-corrected chi connectivity index (χ1v) is 23.5. The van der Waals surface area contributed by atoms with E-state index in [2.05, 4.69) is 27.8 Å². The van der Waals surface area contributed by atoms with Gasteiger partial charge in [0, 0.05) is 32.3 Å². The number of carbonyl (C=O) groups excluding carboxylic acids is 6. The van der Waals surface area contributed by atoms with E-state index in [1.807, 2.05) is 6.08 Å². The molecule has 0 bridgehead atoms. The quantitative estimate of drug-likeness (QED) is 0.0347. The normalized spacial score (nSPS) is 15.9. The molecular formula is C50H74N4O11. The molecular weight excluding hydrogens is 833 g/mol. The van der Waals surface area contributed by atoms with Crippen LogP contribution in [-0.2, 0) is 51.1 Å². The van der Waals surface area contributed by atoms with Crippen LogP contribution < -0.4 is 21.3 Å². The minimum atomic E-state index is -0.925. The number of carbonyl (C=O) groups is 6. The van der Waals surface area contributed by atoms with Gasteiger partial charge in [0.15, 0.2) is 0 Å². The van der Waals surface area contributed by atoms with E-state index in [0.717, 1.165) is 103 Å². The first kappa shape index (κ1) is 53.9. The summed E-state index contributed by atoms with van der Waals surface area (Å²) in [6.45, 7) is 3.84. The van der Waals surface area contributed by atoms with Crippen LogP contribution in [0.2, 0.25) is 0 Å². The highest BCUT2D eigenvalue weighted by molar-refractivity contribution is 5.92. The summed E-state index contributed by atoms with van der Waals surface area (Å²) >= 11 is 0. The second-order valence-electron chi connectivity index (χ2n) is 17.2. The molecule has 0 aromatic heterocycles. The second kappa shape index (κ2) is 30.7. The summed E-state index contributed by atoms with van der Waals surface area (Å²) in [5.74, 6) is -2.00. The highest BCUT2D eigenvalue weighted by Crippen LogP contribution is 2.28. The van der Waals surface area contributed by atoms with Crippen LogP contribution in [0.3, 0.4) is 0 Å². The number of aliphatic hydroxyl groups is 1. The van der Waals surface area contributed by atoms with Crippen molar-refractivity contribution < 1.29 is 53.6 Å². The maximum atomic E-state index is 13.3. The molecule has 65 heavy (non-hydrogen) atoms. The minimum Gasteiger partial charge on any atom is -0.508 e. The predicted octanol–water partition coefficient (Wildman–Crippen LogP) is 6.00. The van der Waals surface area contributed by atoms with Gasteiger partial charge in [-0.3, -0.25) is 19.2 Å². The highest BCUT2D eigenvalue weighted by Gasteiger charge is 2.35. The molecule has 15 heteroatoms. The van der Waals surface area contributed by atoms with Crippen molar-refractivity contribution >= 4 is 35.6 Å². The zero-order valence-corrected chi connectivity index (χ0v) is 38.5. The molecule has 2 aromatic carbocycles. The number of rotatable bonds is 25. The summed E-state index contributed by atoms with van der Waals surface area (Å²) in [7, 11) is 2.54. The van der Waals surface area contributed by atoms with Crippen molar-refractivity contribution in [2.75, 3.05) is 20.8 Å². The molecule has 0 heterocycles. The van der Waals surface area contributed by atoms with Gasteiger partial charge in [0.1, 0.15) is 35.7 Å². The fourth-order valence-electron chi connectivity index (χ4n) is 8.58. The molecule has 2 unspecified atom stereocenters. The summed E-state index contributed by atoms with van der Waals surface area (Å²) in [6, 6.07) is 9.83. The number of hydrogen-bond donors (Lipinski definition) is 7. The molecule has 4 amide bonds. The van der Waals surface area contributed by atoms with Crippen LogP contribution >= 0.6 is 0 Å². The van der Waals surface area contributed by atoms with Crippen LogP contribution in [0.15, 0.2) is 61.2 Å². The number of aromatic hydroxyl groups is 2. The topological polar surface area (TPSA) is 230 Å². The summed E-state index contributed by atoms with van der Waals surface area (Å²) in [6.07, 6.45) is 18.2. The van der Waals surface area contributed by atoms with E-state index in [4.69, 9.17) is 14.6 Å². The fourth-order valence-corrected chi connectivity index (χ4v) is 8.58. The van der Waals surface area contributed by atoms with Gasteiger partial charge in [-0.25, -0.2) is 9.59 Å². The maximum Gasteiger partial charge on any atom is 0.328 e. The fraction of sp³-hybridized carbons (Fsp3) is 0.600. The van der Waals surface area contributed by atoms with E-state index in [-0.39, 0.29) is 66.4 Å². The number of hydrogen-bond acceptors (Lipinski definition) is 11. The summed E-state index contributed by atoms with van der Waals surface area (Å²) < 4.78 is 9.77. The number of nitrogens with one attached hydrogen (secondary N) is 4. The first-order chi connectivity index (χ1) is 31.4. The lowest BCUT2D eigenvalue weighted by atomic mass is 9.83. The largest absolute Gasteiger partial charge is 0.508 e. The molecule has 2 aromatic rings. The predicted molar refractivity (Wildman–Crippen MR) is 247 cm³/mol. The maximum absolute atomic E-state index is 13.3. The minimum absolute atomic E-state index is 0.0242. The third kappa shape index (κ3) is 20.5. The molecule has 4 rings (SSSR count). The zero-order valence-electron chi connectivity index (χ0n) is 38.5. The van der Waals surface area contributed by atoms with Gasteiger partial charge in [-0.1, -0.05) is 81.7 Å². The van der Waals surface area contributed by atoms with Gasteiger partial charge in [-0.15, -0.1) is 6.58 Å². The lowest BCUT2D eigenvalue weighted by Gasteiger charge is -2.31. The Kier molecular flexibility index (Phi) is 25.4. The number of aliphatic hydroxyl groups excluding tert-OH is 1. The van der Waals surface area contributed by atoms with Gasteiger partial charge < -0.3 is 46.1 Å². The van der Waals surface area contributed by atoms with Gasteiger partial charge in [0.25, 0.3) is 0 Å². The summed E-state index contributed by atoms with van der Waals surface area (Å²) in [5.41, 5.74) is 1.38. The van der Waals surface area contributed by atoms with E-state index < -0.39 is 36.1 Å². The Morgan fingerprint density at radius 1 is 0.615 bits per heavy atom. The summed E-state index contributed by atoms with van der Waals surface area (Å²) in [5, 5.41) is 39.7. The van der Waals surface area contributed by atoms with Crippen LogP contribution in [0, 0.1) is 11.8 Å². The molecule has 0 aliphatic heterocycles. The standard InChI is InChI=1S/C25H38N2O6.C25H36N2O5/c1-33-25(32)21(17-18-10-9-13-20(29)16-18)26-24(31)23(19-11-5-4-6-12-19)27-22(30)14-7-2-3-8-15-28;1-3-4-5-9-15-22(29)27-23(19-12-7-6-8-13-19)24(30)26-21(25(31)32-2)17-18-11-10-14-20(28)16-18/h9-10,13,16,19,21,23,28-29H,2-8,11-12,14-15,17H2,1H3,(H,26,31)(H,27,30);3,10-11,14,16,19,21,23,28H,1,4-9,12-13,15,17H2,2H3,(H,26,30)(H,27,29)/t2*21?,23-/m00/s1. The highest BCUT2D eigenvalue weighted by atomic mass is 16.5. The number of allylic oxidation sites excluding steroid dienone is 1. The van der Waals surface area contributed by atoms with E-state index in [0.29, 0.717) is 30.4 Å². The van der Waals surface area contributed by atoms with Crippen molar-refractivity contribution in [3.05, 3.63) is 72.3 Å². The molecule has 2 aliphatic rings. The van der Waals surface area contributed by atoms with Crippen molar-refractivity contribution in [3.63, 3.8) is 0 Å². The van der Waals surface area contributed by atoms with Crippen LogP contribution in [0.1, 0.15) is 133 Å². The van der Waals surface area contributed by atoms with Gasteiger partial charge in [0.05, 0.1) is 14.2 Å². The average molecular weight is 907 g/mol. The Morgan fingerprint density at radius 3 is 1.42 bits per heavy atom. The number of ether oxygens (including phenoxy) is 2. The van der Waals surface area contributed by atoms with Crippen LogP contribution in [0.4, 0.5) is 0 Å². The average Bonchev–Trinajstić information content (AvgIpc) is 3.31. The molecule has 4 atom stereocenters. The monoisotopic (exact) mass is 907 g/mol. The zero-order chi connectivity index (χ0) is 47.4. The van der Waals surface area contributed by atoms with Crippen molar-refractivity contribution in [3.8, 4) is 11.5 Å². The number of phenols is 2. The smallest absolute Gasteiger partial charge is 0.328 e. The number of methoxy groups -OCH3 is 2.